The van der Waals surface area contributed by atoms with Gasteiger partial charge in [-0.15, -0.1) is 0 Å². The van der Waals surface area contributed by atoms with Crippen molar-refractivity contribution in [2.24, 2.45) is 0 Å². The highest BCUT2D eigenvalue weighted by molar-refractivity contribution is 7.86. The molecule has 3 rings (SSSR count). The third kappa shape index (κ3) is 5.51. The van der Waals surface area contributed by atoms with Gasteiger partial charge in [-0.2, -0.15) is 16.8 Å². The molecule has 164 valence electrons. The number of benzene rings is 2. The maximum atomic E-state index is 12.4. The van der Waals surface area contributed by atoms with E-state index in [1.807, 2.05) is 6.92 Å². The van der Waals surface area contributed by atoms with Crippen molar-refractivity contribution in [1.29, 1.82) is 0 Å². The standard InChI is InChI=1S/C21H21NO7S2/c1-2-3-4-21(23)22-20-12-16-11-17(30(24,25)26)9-7-14(16)5-6-15-8-10-18(13-19(15)20)31(27,28)29/h7-11,13,20H,2-4,12H2,1H3,(H,22,23)(H,24,25,26)(H,27,28,29). The fourth-order valence-corrected chi connectivity index (χ4v) is 4.37. The average molecular weight is 464 g/mol. The smallest absolute Gasteiger partial charge is 0.294 e. The van der Waals surface area contributed by atoms with E-state index in [2.05, 4.69) is 17.2 Å². The lowest BCUT2D eigenvalue weighted by molar-refractivity contribution is -0.121. The van der Waals surface area contributed by atoms with Crippen LogP contribution in [-0.2, 0) is 31.5 Å². The normalized spacial score (nSPS) is 15.5. The van der Waals surface area contributed by atoms with E-state index in [0.717, 1.165) is 6.42 Å². The van der Waals surface area contributed by atoms with Crippen molar-refractivity contribution >= 4 is 26.1 Å². The first kappa shape index (κ1) is 23.0. The van der Waals surface area contributed by atoms with Crippen LogP contribution in [-0.4, -0.2) is 31.8 Å². The van der Waals surface area contributed by atoms with Gasteiger partial charge in [-0.3, -0.25) is 13.9 Å². The number of carbonyl (C=O) groups excluding carboxylic acids is 1. The molecule has 31 heavy (non-hydrogen) atoms. The molecule has 0 aromatic heterocycles. The van der Waals surface area contributed by atoms with Gasteiger partial charge in [-0.25, -0.2) is 0 Å². The third-order valence-electron chi connectivity index (χ3n) is 4.92. The van der Waals surface area contributed by atoms with Crippen LogP contribution in [0.5, 0.6) is 0 Å². The largest absolute Gasteiger partial charge is 0.349 e. The zero-order chi connectivity index (χ0) is 22.8. The molecule has 2 aromatic rings. The SMILES string of the molecule is CCCCC(=O)NC1Cc2cc(S(=O)(=O)O)ccc2C#Cc2ccc(S(=O)(=O)O)cc21. The Morgan fingerprint density at radius 3 is 2.19 bits per heavy atom. The molecular weight excluding hydrogens is 442 g/mol. The number of hydrogen-bond donors (Lipinski definition) is 3. The second kappa shape index (κ2) is 8.80. The summed E-state index contributed by atoms with van der Waals surface area (Å²) in [6.45, 7) is 1.94. The molecule has 0 heterocycles. The number of rotatable bonds is 6. The molecule has 0 aliphatic heterocycles. The molecule has 3 N–H and O–H groups in total. The predicted molar refractivity (Wildman–Crippen MR) is 113 cm³/mol. The maximum Gasteiger partial charge on any atom is 0.294 e. The summed E-state index contributed by atoms with van der Waals surface area (Å²) in [4.78, 5) is 11.8. The van der Waals surface area contributed by atoms with Crippen LogP contribution < -0.4 is 5.32 Å². The molecule has 8 nitrogen and oxygen atoms in total. The molecular formula is C21H21NO7S2. The molecule has 0 saturated heterocycles. The molecule has 1 aliphatic carbocycles. The van der Waals surface area contributed by atoms with Gasteiger partial charge in [0.1, 0.15) is 0 Å². The minimum Gasteiger partial charge on any atom is -0.349 e. The van der Waals surface area contributed by atoms with Crippen molar-refractivity contribution in [2.75, 3.05) is 0 Å². The van der Waals surface area contributed by atoms with Crippen molar-refractivity contribution in [2.45, 2.75) is 48.4 Å². The van der Waals surface area contributed by atoms with Crippen LogP contribution in [0.1, 0.15) is 54.5 Å². The van der Waals surface area contributed by atoms with Crippen molar-refractivity contribution < 1.29 is 30.7 Å². The van der Waals surface area contributed by atoms with Crippen LogP contribution in [0.25, 0.3) is 0 Å². The average Bonchev–Trinajstić information content (AvgIpc) is 2.67. The van der Waals surface area contributed by atoms with E-state index in [9.17, 15) is 30.7 Å². The Morgan fingerprint density at radius 2 is 1.58 bits per heavy atom. The summed E-state index contributed by atoms with van der Waals surface area (Å²) in [5.41, 5.74) is 1.84. The summed E-state index contributed by atoms with van der Waals surface area (Å²) in [5, 5.41) is 2.86. The lowest BCUT2D eigenvalue weighted by Gasteiger charge is -2.23. The van der Waals surface area contributed by atoms with Crippen molar-refractivity contribution in [3.63, 3.8) is 0 Å². The molecule has 0 radical (unpaired) electrons. The summed E-state index contributed by atoms with van der Waals surface area (Å²) >= 11 is 0. The van der Waals surface area contributed by atoms with Gasteiger partial charge < -0.3 is 5.32 Å². The fourth-order valence-electron chi connectivity index (χ4n) is 3.32. The molecule has 1 amide bonds. The highest BCUT2D eigenvalue weighted by Crippen LogP contribution is 2.29. The van der Waals surface area contributed by atoms with Crippen LogP contribution in [0, 0.1) is 11.8 Å². The van der Waals surface area contributed by atoms with Gasteiger partial charge in [-0.05, 0) is 60.4 Å². The van der Waals surface area contributed by atoms with E-state index < -0.39 is 26.3 Å². The Morgan fingerprint density at radius 1 is 1.00 bits per heavy atom. The van der Waals surface area contributed by atoms with Gasteiger partial charge in [0, 0.05) is 17.5 Å². The summed E-state index contributed by atoms with van der Waals surface area (Å²) in [7, 11) is -8.93. The Kier molecular flexibility index (Phi) is 6.52. The Bertz CT molecular complexity index is 1300. The third-order valence-corrected chi connectivity index (χ3v) is 6.62. The fraction of sp³-hybridized carbons (Fsp3) is 0.286. The van der Waals surface area contributed by atoms with E-state index in [1.165, 1.54) is 36.4 Å². The number of amides is 1. The molecule has 1 atom stereocenters. The van der Waals surface area contributed by atoms with Gasteiger partial charge >= 0.3 is 0 Å². The highest BCUT2D eigenvalue weighted by atomic mass is 32.2. The minimum atomic E-state index is -4.48. The molecule has 1 aliphatic rings. The predicted octanol–water partition coefficient (Wildman–Crippen LogP) is 2.48. The van der Waals surface area contributed by atoms with Crippen LogP contribution in [0.4, 0.5) is 0 Å². The molecule has 0 fully saturated rings. The van der Waals surface area contributed by atoms with Crippen molar-refractivity contribution in [1.82, 2.24) is 5.32 Å². The summed E-state index contributed by atoms with van der Waals surface area (Å²) < 4.78 is 65.2. The zero-order valence-electron chi connectivity index (χ0n) is 16.6. The lowest BCUT2D eigenvalue weighted by Crippen LogP contribution is -2.31. The first-order valence-corrected chi connectivity index (χ1v) is 12.4. The van der Waals surface area contributed by atoms with Crippen LogP contribution in [0.3, 0.4) is 0 Å². The van der Waals surface area contributed by atoms with E-state index in [4.69, 9.17) is 0 Å². The molecule has 0 bridgehead atoms. The Labute approximate surface area is 181 Å². The van der Waals surface area contributed by atoms with Gasteiger partial charge in [0.2, 0.25) is 5.91 Å². The Hall–Kier alpha value is -2.71. The first-order valence-electron chi connectivity index (χ1n) is 9.52. The minimum absolute atomic E-state index is 0.104. The first-order chi connectivity index (χ1) is 14.5. The van der Waals surface area contributed by atoms with Crippen molar-refractivity contribution in [3.8, 4) is 11.8 Å². The van der Waals surface area contributed by atoms with E-state index >= 15 is 0 Å². The van der Waals surface area contributed by atoms with Gasteiger partial charge in [0.05, 0.1) is 15.8 Å². The van der Waals surface area contributed by atoms with Gasteiger partial charge in [0.25, 0.3) is 20.2 Å². The molecule has 2 aromatic carbocycles. The monoisotopic (exact) mass is 463 g/mol. The molecule has 0 spiro atoms. The maximum absolute atomic E-state index is 12.4. The second-order valence-electron chi connectivity index (χ2n) is 7.20. The Balaban J connectivity index is 2.15. The number of carbonyl (C=O) groups is 1. The van der Waals surface area contributed by atoms with Crippen LogP contribution >= 0.6 is 0 Å². The summed E-state index contributed by atoms with van der Waals surface area (Å²) in [6.07, 6.45) is 1.85. The number of nitrogens with one attached hydrogen (secondary N) is 1. The topological polar surface area (TPSA) is 138 Å². The number of fused-ring (bicyclic) bond motifs is 2. The molecule has 10 heteroatoms. The molecule has 1 unspecified atom stereocenters. The van der Waals surface area contributed by atoms with Crippen molar-refractivity contribution in [3.05, 3.63) is 58.7 Å². The number of unbranched alkanes of at least 4 members (excludes halogenated alkanes) is 1. The van der Waals surface area contributed by atoms with Crippen LogP contribution in [0.2, 0.25) is 0 Å². The second-order valence-corrected chi connectivity index (χ2v) is 10.0. The zero-order valence-corrected chi connectivity index (χ0v) is 18.3. The summed E-state index contributed by atoms with van der Waals surface area (Å²) in [5.74, 6) is 5.58. The van der Waals surface area contributed by atoms with Crippen LogP contribution in [0.15, 0.2) is 46.2 Å². The molecule has 0 saturated carbocycles. The van der Waals surface area contributed by atoms with E-state index in [0.29, 0.717) is 28.7 Å². The summed E-state index contributed by atoms with van der Waals surface area (Å²) in [6, 6.07) is 7.19. The number of hydrogen-bond acceptors (Lipinski definition) is 5. The quantitative estimate of drug-likeness (QED) is 0.442. The van der Waals surface area contributed by atoms with E-state index in [-0.39, 0.29) is 28.5 Å². The highest BCUT2D eigenvalue weighted by Gasteiger charge is 2.24. The van der Waals surface area contributed by atoms with E-state index in [1.54, 1.807) is 0 Å². The van der Waals surface area contributed by atoms with Gasteiger partial charge in [0.15, 0.2) is 0 Å². The van der Waals surface area contributed by atoms with Gasteiger partial charge in [-0.1, -0.05) is 25.2 Å². The lowest BCUT2D eigenvalue weighted by atomic mass is 9.90.